The second-order valence-corrected chi connectivity index (χ2v) is 15.5. The Hall–Kier alpha value is -9.16. The monoisotopic (exact) mass is 888 g/mol. The van der Waals surface area contributed by atoms with Crippen molar-refractivity contribution in [2.24, 2.45) is 0 Å². The van der Waals surface area contributed by atoms with Crippen LogP contribution in [0.3, 0.4) is 0 Å². The predicted molar refractivity (Wildman–Crippen MR) is 270 cm³/mol. The first-order valence-electron chi connectivity index (χ1n) is 22.3. The number of aromatic nitrogens is 8. The van der Waals surface area contributed by atoms with Crippen LogP contribution in [0.25, 0.3) is 0 Å². The van der Waals surface area contributed by atoms with Crippen molar-refractivity contribution in [3.05, 3.63) is 266 Å². The number of pyridine rings is 8. The summed E-state index contributed by atoms with van der Waals surface area (Å²) in [6.45, 7) is 2.59. The summed E-state index contributed by atoms with van der Waals surface area (Å²) in [4.78, 5) is 45.0. The van der Waals surface area contributed by atoms with Gasteiger partial charge in [-0.1, -0.05) is 97.1 Å². The van der Waals surface area contributed by atoms with Crippen molar-refractivity contribution in [1.82, 2.24) is 39.9 Å². The number of rotatable bonds is 16. The van der Waals surface area contributed by atoms with E-state index in [-0.39, 0.29) is 0 Å². The highest BCUT2D eigenvalue weighted by atomic mass is 15.3. The van der Waals surface area contributed by atoms with E-state index in [1.165, 1.54) is 0 Å². The molecular weight excluding hydrogens is 841 g/mol. The summed E-state index contributed by atoms with van der Waals surface area (Å²) >= 11 is 0. The molecule has 0 saturated carbocycles. The van der Waals surface area contributed by atoms with Crippen LogP contribution >= 0.6 is 0 Å². The maximum atomic E-state index is 4.56. The fraction of sp³-hybridized carbons (Fsp3) is 0.0714. The zero-order valence-electron chi connectivity index (χ0n) is 37.3. The lowest BCUT2D eigenvalue weighted by atomic mass is 10.1. The van der Waals surface area contributed by atoms with Gasteiger partial charge in [-0.25, -0.2) is 39.9 Å². The molecule has 0 fully saturated rings. The molecule has 0 aliphatic carbocycles. The van der Waals surface area contributed by atoms with Crippen LogP contribution in [0, 0.1) is 0 Å². The quantitative estimate of drug-likeness (QED) is 0.0919. The van der Waals surface area contributed by atoms with Gasteiger partial charge < -0.3 is 19.6 Å². The summed E-state index contributed by atoms with van der Waals surface area (Å²) in [5.74, 6) is 6.85. The van der Waals surface area contributed by atoms with Crippen molar-refractivity contribution >= 4 is 46.5 Å². The first-order chi connectivity index (χ1) is 33.7. The molecule has 0 aliphatic heterocycles. The highest BCUT2D eigenvalue weighted by Gasteiger charge is 2.17. The van der Waals surface area contributed by atoms with E-state index in [0.29, 0.717) is 26.2 Å². The lowest BCUT2D eigenvalue weighted by Crippen LogP contribution is -2.20. The molecule has 12 nitrogen and oxygen atoms in total. The Morgan fingerprint density at radius 3 is 0.529 bits per heavy atom. The minimum absolute atomic E-state index is 0.648. The average Bonchev–Trinajstić information content (AvgIpc) is 3.43. The fourth-order valence-corrected chi connectivity index (χ4v) is 7.61. The van der Waals surface area contributed by atoms with Gasteiger partial charge in [0.2, 0.25) is 0 Å². The largest absolute Gasteiger partial charge is 0.307 e. The highest BCUT2D eigenvalue weighted by molar-refractivity contribution is 5.60. The lowest BCUT2D eigenvalue weighted by molar-refractivity contribution is 0.900. The van der Waals surface area contributed by atoms with Crippen molar-refractivity contribution in [2.45, 2.75) is 26.2 Å². The molecule has 0 N–H and O–H groups in total. The molecule has 0 aliphatic rings. The molecule has 0 unspecified atom stereocenters. The molecular formula is C56H48N12. The minimum Gasteiger partial charge on any atom is -0.307 e. The van der Waals surface area contributed by atoms with Crippen molar-refractivity contribution in [2.75, 3.05) is 19.6 Å². The first kappa shape index (κ1) is 44.1. The summed E-state index contributed by atoms with van der Waals surface area (Å²) < 4.78 is 0. The van der Waals surface area contributed by atoms with E-state index in [9.17, 15) is 0 Å². The van der Waals surface area contributed by atoms with E-state index in [2.05, 4.69) is 108 Å². The van der Waals surface area contributed by atoms with E-state index in [4.69, 9.17) is 0 Å². The molecule has 0 radical (unpaired) electrons. The highest BCUT2D eigenvalue weighted by Crippen LogP contribution is 2.29. The molecule has 332 valence electrons. The van der Waals surface area contributed by atoms with Crippen molar-refractivity contribution in [3.63, 3.8) is 0 Å². The van der Waals surface area contributed by atoms with Gasteiger partial charge in [0.25, 0.3) is 0 Å². The van der Waals surface area contributed by atoms with Gasteiger partial charge >= 0.3 is 0 Å². The van der Waals surface area contributed by atoms with Crippen LogP contribution in [0.1, 0.15) is 22.3 Å². The van der Waals surface area contributed by atoms with E-state index in [1.807, 2.05) is 146 Å². The van der Waals surface area contributed by atoms with Gasteiger partial charge in [-0.15, -0.1) is 0 Å². The maximum absolute atomic E-state index is 4.56. The van der Waals surface area contributed by atoms with Crippen LogP contribution < -0.4 is 19.6 Å². The maximum Gasteiger partial charge on any atom is 0.134 e. The van der Waals surface area contributed by atoms with Crippen LogP contribution in [0.4, 0.5) is 46.5 Å². The third kappa shape index (κ3) is 11.7. The summed E-state index contributed by atoms with van der Waals surface area (Å²) in [6, 6.07) is 64.5. The van der Waals surface area contributed by atoms with Crippen molar-refractivity contribution in [1.29, 1.82) is 0 Å². The third-order valence-electron chi connectivity index (χ3n) is 10.8. The van der Waals surface area contributed by atoms with Gasteiger partial charge in [-0.05, 0) is 119 Å². The second-order valence-electron chi connectivity index (χ2n) is 15.5. The molecule has 8 heterocycles. The molecule has 10 rings (SSSR count). The summed E-state index contributed by atoms with van der Waals surface area (Å²) in [7, 11) is 0. The normalized spacial score (nSPS) is 10.6. The minimum atomic E-state index is 0.648. The number of nitrogens with zero attached hydrogens (tertiary/aromatic N) is 12. The molecule has 0 atom stereocenters. The average molecular weight is 889 g/mol. The predicted octanol–water partition coefficient (Wildman–Crippen LogP) is 11.9. The van der Waals surface area contributed by atoms with Crippen LogP contribution in [-0.2, 0) is 26.2 Å². The SMILES string of the molecule is c1ccc(N(Cc2cccc(CN(c3ccccn3)c3ccccn3)c2)c2ccccn2)nc1.c1ccc(N(Cc2cccc(CN(c3ccccn3)c3ccccn3)c2)c2ccccn2)nc1. The Morgan fingerprint density at radius 2 is 0.382 bits per heavy atom. The van der Waals surface area contributed by atoms with Gasteiger partial charge in [0.1, 0.15) is 46.5 Å². The van der Waals surface area contributed by atoms with Crippen molar-refractivity contribution < 1.29 is 0 Å². The number of hydrogen-bond donors (Lipinski definition) is 0. The Kier molecular flexibility index (Phi) is 14.7. The molecule has 68 heavy (non-hydrogen) atoms. The van der Waals surface area contributed by atoms with Gasteiger partial charge in [-0.3, -0.25) is 0 Å². The first-order valence-corrected chi connectivity index (χ1v) is 22.3. The van der Waals surface area contributed by atoms with E-state index < -0.39 is 0 Å². The van der Waals surface area contributed by atoms with Gasteiger partial charge in [-0.2, -0.15) is 0 Å². The Bertz CT molecular complexity index is 2450. The summed E-state index contributed by atoms with van der Waals surface area (Å²) in [6.07, 6.45) is 14.4. The molecule has 10 aromatic rings. The van der Waals surface area contributed by atoms with Gasteiger partial charge in [0.05, 0.1) is 26.2 Å². The van der Waals surface area contributed by atoms with Crippen LogP contribution in [0.2, 0.25) is 0 Å². The lowest BCUT2D eigenvalue weighted by Gasteiger charge is -2.24. The molecule has 12 heteroatoms. The van der Waals surface area contributed by atoms with E-state index in [1.54, 1.807) is 49.6 Å². The van der Waals surface area contributed by atoms with E-state index >= 15 is 0 Å². The number of anilines is 8. The Balaban J connectivity index is 0.000000170. The second kappa shape index (κ2) is 22.6. The fourth-order valence-electron chi connectivity index (χ4n) is 7.61. The zero-order chi connectivity index (χ0) is 46.0. The Morgan fingerprint density at radius 1 is 0.206 bits per heavy atom. The topological polar surface area (TPSA) is 116 Å². The zero-order valence-corrected chi connectivity index (χ0v) is 37.3. The smallest absolute Gasteiger partial charge is 0.134 e. The number of hydrogen-bond acceptors (Lipinski definition) is 12. The molecule has 0 bridgehead atoms. The van der Waals surface area contributed by atoms with Gasteiger partial charge in [0, 0.05) is 49.6 Å². The van der Waals surface area contributed by atoms with Crippen LogP contribution in [-0.4, -0.2) is 39.9 Å². The van der Waals surface area contributed by atoms with Crippen LogP contribution in [0.5, 0.6) is 0 Å². The van der Waals surface area contributed by atoms with Crippen molar-refractivity contribution in [3.8, 4) is 0 Å². The molecule has 0 amide bonds. The Labute approximate surface area is 396 Å². The van der Waals surface area contributed by atoms with Crippen LogP contribution in [0.15, 0.2) is 244 Å². The summed E-state index contributed by atoms with van der Waals surface area (Å²) in [5, 5.41) is 0. The third-order valence-corrected chi connectivity index (χ3v) is 10.8. The van der Waals surface area contributed by atoms with Gasteiger partial charge in [0.15, 0.2) is 0 Å². The standard InChI is InChI=1S/2C28H24N6/c2*1-5-16-29-25(12-1)33(26-13-2-6-17-30-26)21-23-10-9-11-24(20-23)22-34(27-14-3-7-18-31-27)28-15-4-8-19-32-28/h2*1-20H,21-22H2. The summed E-state index contributed by atoms with van der Waals surface area (Å²) in [5.41, 5.74) is 4.65. The molecule has 8 aromatic heterocycles. The molecule has 0 saturated heterocycles. The number of benzene rings is 2. The van der Waals surface area contributed by atoms with E-state index in [0.717, 1.165) is 68.8 Å². The molecule has 2 aromatic carbocycles. The molecule has 0 spiro atoms.